The number of hydrogen-bond acceptors (Lipinski definition) is 5. The fourth-order valence-electron chi connectivity index (χ4n) is 1.86. The second kappa shape index (κ2) is 5.64. The molecule has 0 saturated heterocycles. The highest BCUT2D eigenvalue weighted by Crippen LogP contribution is 2.18. The zero-order valence-electron chi connectivity index (χ0n) is 11.0. The summed E-state index contributed by atoms with van der Waals surface area (Å²) in [6, 6.07) is 1.96. The van der Waals surface area contributed by atoms with Crippen LogP contribution in [0.4, 0.5) is 5.82 Å². The zero-order chi connectivity index (χ0) is 13.0. The van der Waals surface area contributed by atoms with Crippen LogP contribution in [0, 0.1) is 6.92 Å². The Morgan fingerprint density at radius 1 is 1.44 bits per heavy atom. The smallest absolute Gasteiger partial charge is 0.136 e. The van der Waals surface area contributed by atoms with E-state index in [0.29, 0.717) is 0 Å². The third-order valence-electron chi connectivity index (χ3n) is 2.69. The molecule has 1 N–H and O–H groups in total. The van der Waals surface area contributed by atoms with Crippen molar-refractivity contribution in [1.29, 1.82) is 0 Å². The second-order valence-corrected chi connectivity index (χ2v) is 4.28. The van der Waals surface area contributed by atoms with Crippen molar-refractivity contribution < 1.29 is 4.42 Å². The van der Waals surface area contributed by atoms with Gasteiger partial charge in [0.15, 0.2) is 0 Å². The standard InChI is InChI=1S/C13H18N4O/c1-10-15-7-12(6-14-2)13(16-10)17(3)8-11-4-5-18-9-11/h4-5,7,9,14H,6,8H2,1-3H3. The molecule has 0 aromatic carbocycles. The number of hydrogen-bond donors (Lipinski definition) is 1. The van der Waals surface area contributed by atoms with E-state index < -0.39 is 0 Å². The van der Waals surface area contributed by atoms with Crippen LogP contribution in [0.25, 0.3) is 0 Å². The lowest BCUT2D eigenvalue weighted by atomic mass is 10.2. The summed E-state index contributed by atoms with van der Waals surface area (Å²) in [6.07, 6.45) is 5.31. The lowest BCUT2D eigenvalue weighted by molar-refractivity contribution is 0.563. The summed E-state index contributed by atoms with van der Waals surface area (Å²) in [5, 5.41) is 3.13. The summed E-state index contributed by atoms with van der Waals surface area (Å²) < 4.78 is 5.08. The Morgan fingerprint density at radius 3 is 2.94 bits per heavy atom. The van der Waals surface area contributed by atoms with Gasteiger partial charge in [-0.15, -0.1) is 0 Å². The molecule has 2 aromatic rings. The quantitative estimate of drug-likeness (QED) is 0.870. The van der Waals surface area contributed by atoms with Gasteiger partial charge in [0.05, 0.1) is 12.5 Å². The van der Waals surface area contributed by atoms with Gasteiger partial charge in [0, 0.05) is 37.5 Å². The minimum Gasteiger partial charge on any atom is -0.472 e. The van der Waals surface area contributed by atoms with E-state index in [9.17, 15) is 0 Å². The van der Waals surface area contributed by atoms with Gasteiger partial charge in [0.25, 0.3) is 0 Å². The molecule has 5 nitrogen and oxygen atoms in total. The van der Waals surface area contributed by atoms with Crippen molar-refractivity contribution >= 4 is 5.82 Å². The molecule has 0 spiro atoms. The van der Waals surface area contributed by atoms with Crippen molar-refractivity contribution in [1.82, 2.24) is 15.3 Å². The topological polar surface area (TPSA) is 54.2 Å². The van der Waals surface area contributed by atoms with E-state index in [2.05, 4.69) is 20.2 Å². The molecule has 2 rings (SSSR count). The summed E-state index contributed by atoms with van der Waals surface area (Å²) in [7, 11) is 3.94. The Morgan fingerprint density at radius 2 is 2.28 bits per heavy atom. The lowest BCUT2D eigenvalue weighted by Gasteiger charge is -2.20. The minimum absolute atomic E-state index is 0.755. The van der Waals surface area contributed by atoms with Crippen LogP contribution < -0.4 is 10.2 Å². The molecule has 0 aliphatic heterocycles. The molecule has 0 atom stereocenters. The summed E-state index contributed by atoms with van der Waals surface area (Å²) in [4.78, 5) is 10.9. The first-order chi connectivity index (χ1) is 8.70. The molecule has 0 aliphatic carbocycles. The van der Waals surface area contributed by atoms with Gasteiger partial charge < -0.3 is 14.6 Å². The summed E-state index contributed by atoms with van der Waals surface area (Å²) >= 11 is 0. The van der Waals surface area contributed by atoms with Gasteiger partial charge >= 0.3 is 0 Å². The van der Waals surface area contributed by atoms with Crippen molar-refractivity contribution in [3.8, 4) is 0 Å². The summed E-state index contributed by atoms with van der Waals surface area (Å²) in [5.74, 6) is 1.74. The molecule has 0 amide bonds. The Labute approximate surface area is 107 Å². The number of rotatable bonds is 5. The van der Waals surface area contributed by atoms with Crippen LogP contribution in [-0.4, -0.2) is 24.1 Å². The van der Waals surface area contributed by atoms with E-state index >= 15 is 0 Å². The molecule has 0 aliphatic rings. The van der Waals surface area contributed by atoms with Gasteiger partial charge in [-0.2, -0.15) is 0 Å². The Balaban J connectivity index is 2.22. The summed E-state index contributed by atoms with van der Waals surface area (Å²) in [5.41, 5.74) is 2.22. The molecule has 0 saturated carbocycles. The molecule has 96 valence electrons. The third kappa shape index (κ3) is 2.87. The monoisotopic (exact) mass is 246 g/mol. The van der Waals surface area contributed by atoms with E-state index in [1.165, 1.54) is 0 Å². The lowest BCUT2D eigenvalue weighted by Crippen LogP contribution is -2.21. The van der Waals surface area contributed by atoms with Crippen LogP contribution in [0.1, 0.15) is 17.0 Å². The van der Waals surface area contributed by atoms with Crippen LogP contribution in [0.3, 0.4) is 0 Å². The Bertz CT molecular complexity index is 496. The maximum absolute atomic E-state index is 5.08. The van der Waals surface area contributed by atoms with Gasteiger partial charge in [0.2, 0.25) is 0 Å². The van der Waals surface area contributed by atoms with Crippen LogP contribution in [-0.2, 0) is 13.1 Å². The molecule has 0 unspecified atom stereocenters. The highest BCUT2D eigenvalue weighted by atomic mass is 16.3. The SMILES string of the molecule is CNCc1cnc(C)nc1N(C)Cc1ccoc1. The average molecular weight is 246 g/mol. The van der Waals surface area contributed by atoms with E-state index in [1.807, 2.05) is 33.3 Å². The third-order valence-corrected chi connectivity index (χ3v) is 2.69. The predicted octanol–water partition coefficient (Wildman–Crippen LogP) is 1.73. The first-order valence-electron chi connectivity index (χ1n) is 5.90. The van der Waals surface area contributed by atoms with Gasteiger partial charge in [-0.05, 0) is 20.0 Å². The maximum atomic E-state index is 5.08. The minimum atomic E-state index is 0.755. The predicted molar refractivity (Wildman–Crippen MR) is 70.3 cm³/mol. The molecule has 0 fully saturated rings. The number of furan rings is 1. The van der Waals surface area contributed by atoms with Crippen molar-refractivity contribution in [2.45, 2.75) is 20.0 Å². The summed E-state index contributed by atoms with van der Waals surface area (Å²) in [6.45, 7) is 3.42. The zero-order valence-corrected chi connectivity index (χ0v) is 11.0. The molecule has 2 aromatic heterocycles. The van der Waals surface area contributed by atoms with Crippen LogP contribution in [0.2, 0.25) is 0 Å². The highest BCUT2D eigenvalue weighted by Gasteiger charge is 2.11. The first kappa shape index (κ1) is 12.6. The largest absolute Gasteiger partial charge is 0.472 e. The maximum Gasteiger partial charge on any atom is 0.136 e. The Kier molecular flexibility index (Phi) is 3.94. The number of nitrogens with one attached hydrogen (secondary N) is 1. The molecular weight excluding hydrogens is 228 g/mol. The van der Waals surface area contributed by atoms with Gasteiger partial charge in [-0.25, -0.2) is 9.97 Å². The van der Waals surface area contributed by atoms with Crippen LogP contribution >= 0.6 is 0 Å². The fourth-order valence-corrected chi connectivity index (χ4v) is 1.86. The normalized spacial score (nSPS) is 10.6. The number of aryl methyl sites for hydroxylation is 1. The van der Waals surface area contributed by atoms with Crippen molar-refractivity contribution in [3.05, 3.63) is 41.7 Å². The fraction of sp³-hybridized carbons (Fsp3) is 0.385. The van der Waals surface area contributed by atoms with E-state index in [4.69, 9.17) is 4.42 Å². The van der Waals surface area contributed by atoms with Crippen LogP contribution in [0.15, 0.2) is 29.2 Å². The number of anilines is 1. The van der Waals surface area contributed by atoms with Crippen molar-refractivity contribution in [2.75, 3.05) is 19.0 Å². The molecule has 18 heavy (non-hydrogen) atoms. The Hall–Kier alpha value is -1.88. The molecule has 5 heteroatoms. The first-order valence-corrected chi connectivity index (χ1v) is 5.90. The van der Waals surface area contributed by atoms with Crippen LogP contribution in [0.5, 0.6) is 0 Å². The highest BCUT2D eigenvalue weighted by molar-refractivity contribution is 5.45. The molecule has 2 heterocycles. The van der Waals surface area contributed by atoms with E-state index in [1.54, 1.807) is 12.5 Å². The average Bonchev–Trinajstić information content (AvgIpc) is 2.84. The van der Waals surface area contributed by atoms with Crippen molar-refractivity contribution in [3.63, 3.8) is 0 Å². The van der Waals surface area contributed by atoms with Gasteiger partial charge in [-0.1, -0.05) is 0 Å². The molecular formula is C13H18N4O. The van der Waals surface area contributed by atoms with Gasteiger partial charge in [0.1, 0.15) is 11.6 Å². The number of nitrogens with zero attached hydrogens (tertiary/aromatic N) is 3. The van der Waals surface area contributed by atoms with Crippen molar-refractivity contribution in [2.24, 2.45) is 0 Å². The second-order valence-electron chi connectivity index (χ2n) is 4.28. The number of aromatic nitrogens is 2. The van der Waals surface area contributed by atoms with E-state index in [-0.39, 0.29) is 0 Å². The van der Waals surface area contributed by atoms with E-state index in [0.717, 1.165) is 35.9 Å². The molecule has 0 radical (unpaired) electrons. The van der Waals surface area contributed by atoms with Gasteiger partial charge in [-0.3, -0.25) is 0 Å². The molecule has 0 bridgehead atoms.